The van der Waals surface area contributed by atoms with Gasteiger partial charge in [0.15, 0.2) is 5.78 Å². The number of Topliss-reactive ketones (excluding diaryl/α,β-unsaturated/α-hetero) is 1. The average Bonchev–Trinajstić information content (AvgIpc) is 3.43. The number of amides is 2. The molecule has 2 rings (SSSR count). The van der Waals surface area contributed by atoms with Crippen molar-refractivity contribution in [2.45, 2.75) is 103 Å². The number of hydrogen-bond donors (Lipinski definition) is 2. The van der Waals surface area contributed by atoms with E-state index in [1.807, 2.05) is 0 Å². The first-order valence-corrected chi connectivity index (χ1v) is 13.4. The molecule has 8 nitrogen and oxygen atoms in total. The molecule has 4 atom stereocenters. The molecule has 2 fully saturated rings. The largest absolute Gasteiger partial charge is 0.458 e. The summed E-state index contributed by atoms with van der Waals surface area (Å²) in [6.45, 7) is 3.93. The topological polar surface area (TPSA) is 111 Å². The number of hydrogen-bond acceptors (Lipinski definition) is 6. The number of ether oxygens (including phenoxy) is 2. The second-order valence-corrected chi connectivity index (χ2v) is 9.76. The van der Waals surface area contributed by atoms with Crippen molar-refractivity contribution in [3.63, 3.8) is 0 Å². The third kappa shape index (κ3) is 11.4. The van der Waals surface area contributed by atoms with E-state index in [-0.39, 0.29) is 36.9 Å². The molecule has 8 heteroatoms. The van der Waals surface area contributed by atoms with Gasteiger partial charge in [-0.05, 0) is 56.8 Å². The Kier molecular flexibility index (Phi) is 13.6. The maximum Gasteiger partial charge on any atom is 0.303 e. The quantitative estimate of drug-likeness (QED) is 0.172. The van der Waals surface area contributed by atoms with Crippen LogP contribution in [0.25, 0.3) is 0 Å². The smallest absolute Gasteiger partial charge is 0.303 e. The van der Waals surface area contributed by atoms with E-state index in [1.54, 1.807) is 0 Å². The van der Waals surface area contributed by atoms with Gasteiger partial charge < -0.3 is 20.1 Å². The van der Waals surface area contributed by atoms with Gasteiger partial charge in [0, 0.05) is 26.3 Å². The van der Waals surface area contributed by atoms with Gasteiger partial charge in [-0.15, -0.1) is 0 Å². The minimum atomic E-state index is -0.430. The molecule has 35 heavy (non-hydrogen) atoms. The van der Waals surface area contributed by atoms with Crippen molar-refractivity contribution in [1.82, 2.24) is 10.6 Å². The Morgan fingerprint density at radius 1 is 0.914 bits per heavy atom. The zero-order valence-corrected chi connectivity index (χ0v) is 21.5. The molecule has 2 bridgehead atoms. The SMILES string of the molecule is CCCCCCC(=O)NCC(=O)NCC[C@@H]1[C@H](CC=CCCCC(=O)COC(C)=O)[C@@H]2CC[C@H]1O2. The number of unbranched alkanes of at least 4 members (excludes halogenated alkanes) is 4. The number of esters is 1. The molecule has 0 aromatic heterocycles. The number of carbonyl (C=O) groups excluding carboxylic acids is 4. The van der Waals surface area contributed by atoms with E-state index in [4.69, 9.17) is 9.47 Å². The summed E-state index contributed by atoms with van der Waals surface area (Å²) in [6, 6.07) is 0. The standard InChI is InChI=1S/C27H44N2O6/c1-3-4-5-10-13-26(32)29-18-27(33)28-17-16-23-22(24-14-15-25(23)35-24)12-9-7-6-8-11-21(31)19-34-20(2)30/h7,9,22-25H,3-6,8,10-19H2,1-2H3,(H,28,33)(H,29,32)/t22-,23+,24-,25+/m0/s1. The van der Waals surface area contributed by atoms with Crippen LogP contribution in [0.15, 0.2) is 12.2 Å². The van der Waals surface area contributed by atoms with Crippen molar-refractivity contribution in [2.24, 2.45) is 11.8 Å². The van der Waals surface area contributed by atoms with E-state index in [0.717, 1.165) is 64.2 Å². The maximum atomic E-state index is 12.1. The fourth-order valence-corrected chi connectivity index (χ4v) is 5.06. The highest BCUT2D eigenvalue weighted by Crippen LogP contribution is 2.46. The van der Waals surface area contributed by atoms with Gasteiger partial charge >= 0.3 is 5.97 Å². The Bertz CT molecular complexity index is 722. The molecule has 0 spiro atoms. The minimum absolute atomic E-state index is 0.0371. The van der Waals surface area contributed by atoms with Crippen molar-refractivity contribution < 1.29 is 28.7 Å². The Morgan fingerprint density at radius 3 is 2.43 bits per heavy atom. The summed E-state index contributed by atoms with van der Waals surface area (Å²) in [5.41, 5.74) is 0. The summed E-state index contributed by atoms with van der Waals surface area (Å²) in [5, 5.41) is 5.65. The van der Waals surface area contributed by atoms with Crippen molar-refractivity contribution in [3.05, 3.63) is 12.2 Å². The van der Waals surface area contributed by atoms with Crippen LogP contribution in [0.4, 0.5) is 0 Å². The van der Waals surface area contributed by atoms with Crippen LogP contribution >= 0.6 is 0 Å². The lowest BCUT2D eigenvalue weighted by Gasteiger charge is -2.27. The number of ketones is 1. The molecule has 0 unspecified atom stereocenters. The Labute approximate surface area is 209 Å². The number of allylic oxidation sites excluding steroid dienone is 2. The fraction of sp³-hybridized carbons (Fsp3) is 0.778. The molecule has 0 radical (unpaired) electrons. The van der Waals surface area contributed by atoms with Gasteiger partial charge in [-0.2, -0.15) is 0 Å². The van der Waals surface area contributed by atoms with Crippen LogP contribution in [-0.4, -0.2) is 55.5 Å². The Balaban J connectivity index is 1.60. The third-order valence-electron chi connectivity index (χ3n) is 6.93. The first-order valence-electron chi connectivity index (χ1n) is 13.4. The van der Waals surface area contributed by atoms with E-state index in [0.29, 0.717) is 37.3 Å². The lowest BCUT2D eigenvalue weighted by molar-refractivity contribution is -0.145. The third-order valence-corrected chi connectivity index (χ3v) is 6.93. The van der Waals surface area contributed by atoms with E-state index in [2.05, 4.69) is 29.7 Å². The van der Waals surface area contributed by atoms with Gasteiger partial charge in [0.2, 0.25) is 11.8 Å². The molecule has 2 heterocycles. The molecule has 2 amide bonds. The summed E-state index contributed by atoms with van der Waals surface area (Å²) < 4.78 is 10.9. The predicted molar refractivity (Wildman–Crippen MR) is 134 cm³/mol. The van der Waals surface area contributed by atoms with Crippen LogP contribution in [0.2, 0.25) is 0 Å². The van der Waals surface area contributed by atoms with Crippen LogP contribution in [0.3, 0.4) is 0 Å². The van der Waals surface area contributed by atoms with Crippen molar-refractivity contribution in [3.8, 4) is 0 Å². The molecule has 2 aliphatic rings. The highest BCUT2D eigenvalue weighted by atomic mass is 16.5. The van der Waals surface area contributed by atoms with Crippen LogP contribution in [0.5, 0.6) is 0 Å². The lowest BCUT2D eigenvalue weighted by Crippen LogP contribution is -2.38. The van der Waals surface area contributed by atoms with Gasteiger partial charge in [-0.25, -0.2) is 0 Å². The highest BCUT2D eigenvalue weighted by molar-refractivity contribution is 5.84. The predicted octanol–water partition coefficient (Wildman–Crippen LogP) is 3.62. The Morgan fingerprint density at radius 2 is 1.69 bits per heavy atom. The van der Waals surface area contributed by atoms with Crippen molar-refractivity contribution in [2.75, 3.05) is 19.7 Å². The van der Waals surface area contributed by atoms with Gasteiger partial charge in [0.25, 0.3) is 0 Å². The first-order chi connectivity index (χ1) is 16.9. The molecule has 2 saturated heterocycles. The molecule has 0 aromatic rings. The first kappa shape index (κ1) is 29.0. The fourth-order valence-electron chi connectivity index (χ4n) is 5.06. The highest BCUT2D eigenvalue weighted by Gasteiger charge is 2.47. The van der Waals surface area contributed by atoms with Crippen LogP contribution in [0, 0.1) is 11.8 Å². The molecular weight excluding hydrogens is 448 g/mol. The van der Waals surface area contributed by atoms with Crippen LogP contribution < -0.4 is 10.6 Å². The van der Waals surface area contributed by atoms with Gasteiger partial charge in [0.05, 0.1) is 18.8 Å². The molecule has 0 aliphatic carbocycles. The number of fused-ring (bicyclic) bond motifs is 2. The maximum absolute atomic E-state index is 12.1. The summed E-state index contributed by atoms with van der Waals surface area (Å²) in [7, 11) is 0. The van der Waals surface area contributed by atoms with Gasteiger partial charge in [-0.3, -0.25) is 19.2 Å². The van der Waals surface area contributed by atoms with Gasteiger partial charge in [-0.1, -0.05) is 38.3 Å². The van der Waals surface area contributed by atoms with Gasteiger partial charge in [0.1, 0.15) is 6.61 Å². The second kappa shape index (κ2) is 16.5. The molecule has 2 aliphatic heterocycles. The zero-order chi connectivity index (χ0) is 25.5. The van der Waals surface area contributed by atoms with E-state index >= 15 is 0 Å². The molecule has 0 saturated carbocycles. The number of carbonyl (C=O) groups is 4. The van der Waals surface area contributed by atoms with Crippen LogP contribution in [0.1, 0.15) is 90.9 Å². The molecule has 2 N–H and O–H groups in total. The average molecular weight is 493 g/mol. The van der Waals surface area contributed by atoms with Crippen molar-refractivity contribution in [1.29, 1.82) is 0 Å². The van der Waals surface area contributed by atoms with E-state index in [9.17, 15) is 19.2 Å². The lowest BCUT2D eigenvalue weighted by atomic mass is 9.76. The van der Waals surface area contributed by atoms with Crippen molar-refractivity contribution >= 4 is 23.6 Å². The minimum Gasteiger partial charge on any atom is -0.458 e. The van der Waals surface area contributed by atoms with E-state index in [1.165, 1.54) is 6.92 Å². The normalized spacial score (nSPS) is 22.9. The monoisotopic (exact) mass is 492 g/mol. The number of nitrogens with one attached hydrogen (secondary N) is 2. The summed E-state index contributed by atoms with van der Waals surface area (Å²) in [6.07, 6.45) is 15.5. The summed E-state index contributed by atoms with van der Waals surface area (Å²) in [4.78, 5) is 46.3. The Hall–Kier alpha value is -2.22. The zero-order valence-electron chi connectivity index (χ0n) is 21.5. The molecule has 0 aromatic carbocycles. The molecule has 198 valence electrons. The number of rotatable bonds is 18. The summed E-state index contributed by atoms with van der Waals surface area (Å²) >= 11 is 0. The van der Waals surface area contributed by atoms with Crippen LogP contribution in [-0.2, 0) is 28.7 Å². The summed E-state index contributed by atoms with van der Waals surface area (Å²) in [5.74, 6) is 0.200. The molecular formula is C27H44N2O6. The van der Waals surface area contributed by atoms with E-state index < -0.39 is 5.97 Å². The second-order valence-electron chi connectivity index (χ2n) is 9.76.